The molecule has 0 bridgehead atoms. The van der Waals surface area contributed by atoms with Gasteiger partial charge in [-0.2, -0.15) is 23.7 Å². The largest absolute Gasteiger partial charge is 0.494 e. The molecular weight excluding hydrogens is 1010 g/mol. The number of ether oxygens (including phenoxy) is 5. The predicted octanol–water partition coefficient (Wildman–Crippen LogP) is -4.06. The molecule has 0 aliphatic carbocycles. The van der Waals surface area contributed by atoms with Crippen LogP contribution in [0.5, 0.6) is 0 Å². The fraction of sp³-hybridized carbons (Fsp3) is 0.444. The van der Waals surface area contributed by atoms with Crippen LogP contribution in [0.3, 0.4) is 0 Å². The van der Waals surface area contributed by atoms with Crippen LogP contribution in [0.4, 0.5) is 13.2 Å². The Balaban J connectivity index is 0.000000300. The second-order valence-corrected chi connectivity index (χ2v) is 15.0. The lowest BCUT2D eigenvalue weighted by Gasteiger charge is -2.15. The molecular formula is C45H50F3N11O16. The van der Waals surface area contributed by atoms with Gasteiger partial charge in [-0.3, -0.25) is 47.8 Å². The molecule has 3 fully saturated rings. The first-order valence-corrected chi connectivity index (χ1v) is 21.5. The lowest BCUT2D eigenvalue weighted by molar-refractivity contribution is -0.173. The molecule has 3 aliphatic rings. The fourth-order valence-electron chi connectivity index (χ4n) is 6.77. The van der Waals surface area contributed by atoms with Crippen molar-refractivity contribution in [2.75, 3.05) is 39.5 Å². The third-order valence-electron chi connectivity index (χ3n) is 10.2. The lowest BCUT2D eigenvalue weighted by atomic mass is 10.2. The van der Waals surface area contributed by atoms with Crippen molar-refractivity contribution in [3.05, 3.63) is 122 Å². The standard InChI is InChI=1S/C17H15F3N4O6.C15H16N4O5.C12H15N3O5.CH4/c18-17(19,20)15(27)22-5-1-3-10-8-24(16(28)23-14(10)26)13-7-11(12(9-25)30-13)29-6-2-4-21;16-4-1-3-10-8-19(15(22)18-14(10)21)13-7-11(12(9-20)24-13)23-6-2-5-17;13-3-1-2-7-5-15(12(19)14-11(7)18)10-4-8(17)9(6-16)20-10;/h2,6,8,11-13,25H,5,7,9H2,(H,22,27)(H,23,26,28);2,6,8,11-13,20H,4,7,9,16H2,(H,18,21,22);5,8-10,16-17H,3-4,6,13H2,(H,14,18,19);1H4/b2*6-2+;;/t2*11-,12+,13+;8-,9+,10+;/m000./s1. The number of H-pyrrole nitrogens is 3. The van der Waals surface area contributed by atoms with Gasteiger partial charge in [-0.05, 0) is 0 Å². The molecule has 9 atom stereocenters. The number of nitrogens with one attached hydrogen (secondary N) is 4. The molecule has 1 amide bonds. The van der Waals surface area contributed by atoms with Crippen molar-refractivity contribution in [2.24, 2.45) is 11.5 Å². The average Bonchev–Trinajstić information content (AvgIpc) is 4.09. The number of aromatic nitrogens is 6. The average molecular weight is 1060 g/mol. The van der Waals surface area contributed by atoms with Gasteiger partial charge in [0.15, 0.2) is 0 Å². The van der Waals surface area contributed by atoms with E-state index in [9.17, 15) is 62.1 Å². The number of nitriles is 2. The Morgan fingerprint density at radius 1 is 0.680 bits per heavy atom. The van der Waals surface area contributed by atoms with Gasteiger partial charge in [0.05, 0.1) is 82.4 Å². The van der Waals surface area contributed by atoms with Crippen molar-refractivity contribution >= 4 is 5.91 Å². The van der Waals surface area contributed by atoms with Crippen LogP contribution in [0.25, 0.3) is 0 Å². The van der Waals surface area contributed by atoms with Crippen molar-refractivity contribution in [1.29, 1.82) is 10.5 Å². The van der Waals surface area contributed by atoms with Crippen LogP contribution in [0.2, 0.25) is 0 Å². The van der Waals surface area contributed by atoms with Crippen LogP contribution in [-0.4, -0.2) is 137 Å². The number of carbonyl (C=O) groups is 1. The van der Waals surface area contributed by atoms with Gasteiger partial charge in [0.25, 0.3) is 16.7 Å². The number of aliphatic hydroxyl groups is 4. The van der Waals surface area contributed by atoms with E-state index in [4.69, 9.17) is 50.8 Å². The molecule has 30 heteroatoms. The summed E-state index contributed by atoms with van der Waals surface area (Å²) in [5, 5.41) is 55.9. The van der Waals surface area contributed by atoms with Crippen molar-refractivity contribution in [3.63, 3.8) is 0 Å². The summed E-state index contributed by atoms with van der Waals surface area (Å²) in [6, 6.07) is 3.50. The zero-order chi connectivity index (χ0) is 54.5. The van der Waals surface area contributed by atoms with E-state index in [1.54, 1.807) is 12.1 Å². The van der Waals surface area contributed by atoms with Gasteiger partial charge in [0.2, 0.25) is 0 Å². The Hall–Kier alpha value is -8.32. The van der Waals surface area contributed by atoms with Crippen molar-refractivity contribution in [1.82, 2.24) is 34.0 Å². The summed E-state index contributed by atoms with van der Waals surface area (Å²) < 4.78 is 66.7. The van der Waals surface area contributed by atoms with Gasteiger partial charge in [0.1, 0.15) is 65.9 Å². The van der Waals surface area contributed by atoms with Crippen LogP contribution >= 0.6 is 0 Å². The summed E-state index contributed by atoms with van der Waals surface area (Å²) in [5.74, 6) is 12.5. The Kier molecular flexibility index (Phi) is 23.9. The van der Waals surface area contributed by atoms with Gasteiger partial charge in [-0.15, -0.1) is 0 Å². The Bertz CT molecular complexity index is 3170. The molecule has 6 heterocycles. The van der Waals surface area contributed by atoms with E-state index in [-0.39, 0.29) is 69.7 Å². The number of hydrogen-bond acceptors (Lipinski definition) is 20. The molecule has 75 heavy (non-hydrogen) atoms. The number of allylic oxidation sites excluding steroid dienone is 2. The van der Waals surface area contributed by atoms with Crippen molar-refractivity contribution in [2.45, 2.75) is 88.2 Å². The molecule has 12 N–H and O–H groups in total. The van der Waals surface area contributed by atoms with Crippen LogP contribution in [-0.2, 0) is 28.5 Å². The molecule has 0 saturated carbocycles. The Morgan fingerprint density at radius 2 is 1.04 bits per heavy atom. The molecule has 27 nitrogen and oxygen atoms in total. The number of aliphatic hydroxyl groups excluding tert-OH is 4. The highest BCUT2D eigenvalue weighted by Crippen LogP contribution is 2.31. The van der Waals surface area contributed by atoms with Gasteiger partial charge in [0, 0.05) is 37.9 Å². The quantitative estimate of drug-likeness (QED) is 0.0496. The normalized spacial score (nSPS) is 22.4. The molecule has 0 unspecified atom stereocenters. The van der Waals surface area contributed by atoms with E-state index >= 15 is 0 Å². The molecule has 3 saturated heterocycles. The molecule has 0 aromatic carbocycles. The SMILES string of the molecule is C.N#C/C=C/O[C@H]1C[C@H](n2cc(C#CCN)c(=O)[nH]c2=O)O[C@@H]1CO.N#C/C=C/O[C@H]1C[C@H](n2cc(C#CCNC(=O)C(F)(F)F)c(=O)[nH]c2=O)O[C@@H]1CO.NCC#Cc1cn([C@H]2C[C@H](O)[C@@H](CO)O2)c(=O)[nH]c1=O. The first-order valence-electron chi connectivity index (χ1n) is 21.5. The number of halogens is 3. The predicted molar refractivity (Wildman–Crippen MR) is 251 cm³/mol. The molecule has 402 valence electrons. The van der Waals surface area contributed by atoms with Crippen molar-refractivity contribution < 1.29 is 62.1 Å². The maximum absolute atomic E-state index is 12.1. The monoisotopic (exact) mass is 1060 g/mol. The van der Waals surface area contributed by atoms with E-state index in [1.807, 2.05) is 4.98 Å². The maximum Gasteiger partial charge on any atom is 0.471 e. The molecule has 0 radical (unpaired) electrons. The maximum atomic E-state index is 12.1. The second-order valence-electron chi connectivity index (χ2n) is 15.0. The van der Waals surface area contributed by atoms with Gasteiger partial charge in [-0.1, -0.05) is 42.9 Å². The summed E-state index contributed by atoms with van der Waals surface area (Å²) in [7, 11) is 0. The van der Waals surface area contributed by atoms with Crippen molar-refractivity contribution in [3.8, 4) is 47.7 Å². The lowest BCUT2D eigenvalue weighted by Crippen LogP contribution is -2.37. The van der Waals surface area contributed by atoms with Gasteiger partial charge in [-0.25, -0.2) is 14.4 Å². The molecule has 3 aromatic heterocycles. The molecule has 3 aliphatic heterocycles. The molecule has 6 rings (SSSR count). The zero-order valence-corrected chi connectivity index (χ0v) is 38.3. The van der Waals surface area contributed by atoms with Crippen LogP contribution in [0.15, 0.2) is 72.0 Å². The van der Waals surface area contributed by atoms with Crippen LogP contribution in [0.1, 0.15) is 62.1 Å². The summed E-state index contributed by atoms with van der Waals surface area (Å²) in [5.41, 5.74) is 6.15. The summed E-state index contributed by atoms with van der Waals surface area (Å²) >= 11 is 0. The molecule has 3 aromatic rings. The molecule has 0 spiro atoms. The van der Waals surface area contributed by atoms with Gasteiger partial charge >= 0.3 is 29.2 Å². The minimum atomic E-state index is -5.06. The Morgan fingerprint density at radius 3 is 1.37 bits per heavy atom. The van der Waals surface area contributed by atoms with E-state index in [1.165, 1.54) is 28.5 Å². The number of aromatic amines is 3. The number of alkyl halides is 3. The number of nitrogens with two attached hydrogens (primary N) is 2. The first kappa shape index (κ1) is 61.0. The summed E-state index contributed by atoms with van der Waals surface area (Å²) in [4.78, 5) is 88.0. The third-order valence-corrected chi connectivity index (χ3v) is 10.2. The van der Waals surface area contributed by atoms with Gasteiger partial charge < -0.3 is 60.9 Å². The van der Waals surface area contributed by atoms with E-state index in [0.29, 0.717) is 0 Å². The summed E-state index contributed by atoms with van der Waals surface area (Å²) in [6.45, 7) is -1.62. The van der Waals surface area contributed by atoms with E-state index < -0.39 is 114 Å². The smallest absolute Gasteiger partial charge is 0.471 e. The third kappa shape index (κ3) is 17.1. The zero-order valence-electron chi connectivity index (χ0n) is 38.3. The van der Waals surface area contributed by atoms with Crippen LogP contribution < -0.4 is 50.5 Å². The van der Waals surface area contributed by atoms with E-state index in [0.717, 1.165) is 33.7 Å². The topological polar surface area (TPSA) is 420 Å². The minimum Gasteiger partial charge on any atom is -0.494 e. The summed E-state index contributed by atoms with van der Waals surface area (Å²) in [6.07, 6.45) is -3.24. The highest BCUT2D eigenvalue weighted by atomic mass is 19.4. The first-order chi connectivity index (χ1) is 35.3. The number of hydrogen-bond donors (Lipinski definition) is 10. The number of amides is 1. The fourth-order valence-corrected chi connectivity index (χ4v) is 6.77. The second kappa shape index (κ2) is 29.4. The number of carbonyl (C=O) groups excluding carboxylic acids is 1. The number of nitrogens with zero attached hydrogens (tertiary/aromatic N) is 5. The minimum absolute atomic E-state index is 0. The highest BCUT2D eigenvalue weighted by molar-refractivity contribution is 5.81. The number of rotatable bonds is 11. The van der Waals surface area contributed by atoms with E-state index in [2.05, 4.69) is 45.5 Å². The highest BCUT2D eigenvalue weighted by Gasteiger charge is 2.40. The Labute approximate surface area is 421 Å². The van der Waals surface area contributed by atoms with Crippen LogP contribution in [0, 0.1) is 58.2 Å².